The van der Waals surface area contributed by atoms with Crippen LogP contribution >= 0.6 is 0 Å². The third-order valence-electron chi connectivity index (χ3n) is 2.86. The molecule has 0 aromatic heterocycles. The van der Waals surface area contributed by atoms with Crippen LogP contribution in [0, 0.1) is 5.82 Å². The van der Waals surface area contributed by atoms with Gasteiger partial charge in [0.1, 0.15) is 11.6 Å². The molecule has 0 aliphatic carbocycles. The van der Waals surface area contributed by atoms with Gasteiger partial charge in [-0.15, -0.1) is 0 Å². The second-order valence-electron chi connectivity index (χ2n) is 4.72. The number of hydrogen-bond acceptors (Lipinski definition) is 2. The second kappa shape index (κ2) is 7.13. The first-order valence-electron chi connectivity index (χ1n) is 6.67. The predicted octanol–water partition coefficient (Wildman–Crippen LogP) is 3.95. The normalized spacial score (nSPS) is 11.1. The maximum atomic E-state index is 13.5. The number of benzene rings is 2. The van der Waals surface area contributed by atoms with Crippen LogP contribution in [0.3, 0.4) is 0 Å². The Hall–Kier alpha value is -2.57. The van der Waals surface area contributed by atoms with Crippen molar-refractivity contribution < 1.29 is 27.1 Å². The average molecular weight is 327 g/mol. The first-order valence-corrected chi connectivity index (χ1v) is 6.67. The first kappa shape index (κ1) is 16.8. The lowest BCUT2D eigenvalue weighted by Crippen LogP contribution is -2.21. The van der Waals surface area contributed by atoms with Crippen LogP contribution in [-0.2, 0) is 11.2 Å². The number of nitrogens with one attached hydrogen (secondary N) is 1. The fourth-order valence-electron chi connectivity index (χ4n) is 1.86. The van der Waals surface area contributed by atoms with Crippen LogP contribution in [-0.4, -0.2) is 18.7 Å². The van der Waals surface area contributed by atoms with E-state index in [9.17, 15) is 22.4 Å². The third kappa shape index (κ3) is 5.28. The topological polar surface area (TPSA) is 38.3 Å². The van der Waals surface area contributed by atoms with Gasteiger partial charge in [-0.1, -0.05) is 30.3 Å². The Kier molecular flexibility index (Phi) is 5.20. The van der Waals surface area contributed by atoms with E-state index in [1.165, 1.54) is 36.4 Å². The minimum atomic E-state index is -4.48. The van der Waals surface area contributed by atoms with Gasteiger partial charge in [0, 0.05) is 0 Å². The Labute approximate surface area is 129 Å². The number of ether oxygens (including phenoxy) is 1. The van der Waals surface area contributed by atoms with Gasteiger partial charge in [-0.2, -0.15) is 13.2 Å². The molecule has 3 nitrogen and oxygen atoms in total. The van der Waals surface area contributed by atoms with Gasteiger partial charge in [0.2, 0.25) is 5.91 Å². The van der Waals surface area contributed by atoms with Gasteiger partial charge in [-0.25, -0.2) is 4.39 Å². The molecule has 1 N–H and O–H groups in total. The maximum absolute atomic E-state index is 13.5. The molecule has 0 radical (unpaired) electrons. The van der Waals surface area contributed by atoms with Crippen molar-refractivity contribution in [1.29, 1.82) is 0 Å². The Morgan fingerprint density at radius 3 is 2.39 bits per heavy atom. The average Bonchev–Trinajstić information content (AvgIpc) is 2.48. The molecule has 7 heteroatoms. The quantitative estimate of drug-likeness (QED) is 0.845. The fourth-order valence-corrected chi connectivity index (χ4v) is 1.86. The molecule has 0 saturated heterocycles. The zero-order valence-electron chi connectivity index (χ0n) is 11.9. The van der Waals surface area contributed by atoms with E-state index in [0.29, 0.717) is 0 Å². The van der Waals surface area contributed by atoms with Crippen LogP contribution in [0.4, 0.5) is 23.2 Å². The molecule has 0 aliphatic heterocycles. The molecule has 2 aromatic rings. The number of amides is 1. The Morgan fingerprint density at radius 1 is 1.04 bits per heavy atom. The molecular weight excluding hydrogens is 314 g/mol. The van der Waals surface area contributed by atoms with Crippen molar-refractivity contribution in [3.05, 3.63) is 59.9 Å². The van der Waals surface area contributed by atoms with E-state index in [1.54, 1.807) is 12.1 Å². The Balaban J connectivity index is 2.05. The van der Waals surface area contributed by atoms with E-state index >= 15 is 0 Å². The number of carbonyl (C=O) groups excluding carboxylic acids is 1. The molecule has 0 spiro atoms. The van der Waals surface area contributed by atoms with Gasteiger partial charge in [-0.3, -0.25) is 4.79 Å². The number of hydrogen-bond donors (Lipinski definition) is 1. The molecule has 1 amide bonds. The molecule has 122 valence electrons. The second-order valence-corrected chi connectivity index (χ2v) is 4.72. The smallest absolute Gasteiger partial charge is 0.422 e. The number of para-hydroxylation sites is 2. The number of carbonyl (C=O) groups is 1. The van der Waals surface area contributed by atoms with Crippen molar-refractivity contribution in [2.75, 3.05) is 11.9 Å². The summed E-state index contributed by atoms with van der Waals surface area (Å²) in [5.41, 5.74) is 0.289. The van der Waals surface area contributed by atoms with Crippen LogP contribution < -0.4 is 10.1 Å². The molecule has 2 aromatic carbocycles. The van der Waals surface area contributed by atoms with E-state index < -0.39 is 24.5 Å². The van der Waals surface area contributed by atoms with E-state index in [2.05, 4.69) is 10.1 Å². The highest BCUT2D eigenvalue weighted by atomic mass is 19.4. The van der Waals surface area contributed by atoms with Gasteiger partial charge < -0.3 is 10.1 Å². The summed E-state index contributed by atoms with van der Waals surface area (Å²) in [4.78, 5) is 11.9. The molecule has 0 aliphatic rings. The fraction of sp³-hybridized carbons (Fsp3) is 0.188. The van der Waals surface area contributed by atoms with Gasteiger partial charge in [-0.05, 0) is 23.8 Å². The molecule has 2 rings (SSSR count). The van der Waals surface area contributed by atoms with Crippen molar-refractivity contribution in [2.24, 2.45) is 0 Å². The maximum Gasteiger partial charge on any atom is 0.422 e. The van der Waals surface area contributed by atoms with Gasteiger partial charge in [0.05, 0.1) is 12.1 Å². The zero-order valence-corrected chi connectivity index (χ0v) is 11.9. The lowest BCUT2D eigenvalue weighted by molar-refractivity contribution is -0.153. The summed E-state index contributed by atoms with van der Waals surface area (Å²) >= 11 is 0. The monoisotopic (exact) mass is 327 g/mol. The summed E-state index contributed by atoms with van der Waals surface area (Å²) < 4.78 is 54.8. The van der Waals surface area contributed by atoms with E-state index in [0.717, 1.165) is 0 Å². The Morgan fingerprint density at radius 2 is 1.70 bits per heavy atom. The standard InChI is InChI=1S/C16H13F4NO2/c17-12-6-2-1-5-11(12)9-15(22)21-13-7-3-4-8-14(13)23-10-16(18,19)20/h1-8H,9-10H2,(H,21,22). The zero-order chi connectivity index (χ0) is 16.9. The van der Waals surface area contributed by atoms with Crippen LogP contribution in [0.15, 0.2) is 48.5 Å². The third-order valence-corrected chi connectivity index (χ3v) is 2.86. The van der Waals surface area contributed by atoms with Crippen molar-refractivity contribution >= 4 is 11.6 Å². The molecule has 23 heavy (non-hydrogen) atoms. The number of rotatable bonds is 5. The number of alkyl halides is 3. The first-order chi connectivity index (χ1) is 10.8. The highest BCUT2D eigenvalue weighted by Crippen LogP contribution is 2.26. The Bertz CT molecular complexity index is 686. The lowest BCUT2D eigenvalue weighted by atomic mass is 10.1. The van der Waals surface area contributed by atoms with E-state index in [1.807, 2.05) is 0 Å². The molecule has 0 unspecified atom stereocenters. The van der Waals surface area contributed by atoms with Crippen LogP contribution in [0.1, 0.15) is 5.56 Å². The number of halogens is 4. The highest BCUT2D eigenvalue weighted by Gasteiger charge is 2.28. The molecule has 0 atom stereocenters. The van der Waals surface area contributed by atoms with Gasteiger partial charge in [0.15, 0.2) is 6.61 Å². The molecule has 0 heterocycles. The molecule has 0 saturated carbocycles. The minimum Gasteiger partial charge on any atom is -0.482 e. The van der Waals surface area contributed by atoms with Crippen LogP contribution in [0.5, 0.6) is 5.75 Å². The van der Waals surface area contributed by atoms with Crippen molar-refractivity contribution in [3.8, 4) is 5.75 Å². The summed E-state index contributed by atoms with van der Waals surface area (Å²) in [5.74, 6) is -1.19. The van der Waals surface area contributed by atoms with E-state index in [4.69, 9.17) is 0 Å². The lowest BCUT2D eigenvalue weighted by Gasteiger charge is -2.13. The van der Waals surface area contributed by atoms with Crippen molar-refractivity contribution in [3.63, 3.8) is 0 Å². The minimum absolute atomic E-state index is 0.0955. The van der Waals surface area contributed by atoms with Crippen molar-refractivity contribution in [2.45, 2.75) is 12.6 Å². The molecule has 0 bridgehead atoms. The van der Waals surface area contributed by atoms with Crippen molar-refractivity contribution in [1.82, 2.24) is 0 Å². The summed E-state index contributed by atoms with van der Waals surface area (Å²) in [7, 11) is 0. The van der Waals surface area contributed by atoms with Gasteiger partial charge >= 0.3 is 6.18 Å². The predicted molar refractivity (Wildman–Crippen MR) is 76.7 cm³/mol. The summed E-state index contributed by atoms with van der Waals surface area (Å²) in [6.45, 7) is -1.47. The largest absolute Gasteiger partial charge is 0.482 e. The SMILES string of the molecule is O=C(Cc1ccccc1F)Nc1ccccc1OCC(F)(F)F. The highest BCUT2D eigenvalue weighted by molar-refractivity contribution is 5.93. The van der Waals surface area contributed by atoms with Crippen LogP contribution in [0.2, 0.25) is 0 Å². The summed E-state index contributed by atoms with van der Waals surface area (Å²) in [6, 6.07) is 11.5. The molecule has 0 fully saturated rings. The van der Waals surface area contributed by atoms with Crippen LogP contribution in [0.25, 0.3) is 0 Å². The van der Waals surface area contributed by atoms with Gasteiger partial charge in [0.25, 0.3) is 0 Å². The molecular formula is C16H13F4NO2. The van der Waals surface area contributed by atoms with E-state index in [-0.39, 0.29) is 23.4 Å². The summed E-state index contributed by atoms with van der Waals surface area (Å²) in [6.07, 6.45) is -4.72. The number of anilines is 1. The summed E-state index contributed by atoms with van der Waals surface area (Å²) in [5, 5.41) is 2.42.